The van der Waals surface area contributed by atoms with Gasteiger partial charge in [0.15, 0.2) is 0 Å². The monoisotopic (exact) mass is 408 g/mol. The van der Waals surface area contributed by atoms with Gasteiger partial charge in [-0.1, -0.05) is 35.9 Å². The highest BCUT2D eigenvalue weighted by molar-refractivity contribution is 7.17. The third-order valence-corrected chi connectivity index (χ3v) is 5.85. The summed E-state index contributed by atoms with van der Waals surface area (Å²) in [5, 5.41) is 8.31. The van der Waals surface area contributed by atoms with Crippen LogP contribution >= 0.6 is 22.7 Å². The molecule has 0 aliphatic carbocycles. The number of nitrogens with zero attached hydrogens (tertiary/aromatic N) is 3. The summed E-state index contributed by atoms with van der Waals surface area (Å²) in [6, 6.07) is 11.8. The van der Waals surface area contributed by atoms with Crippen molar-refractivity contribution in [1.82, 2.24) is 15.0 Å². The second-order valence-electron chi connectivity index (χ2n) is 6.18. The van der Waals surface area contributed by atoms with Gasteiger partial charge in [-0.05, 0) is 23.9 Å². The Morgan fingerprint density at radius 3 is 2.82 bits per heavy atom. The quantitative estimate of drug-likeness (QED) is 0.405. The fraction of sp³-hybridized carbons (Fsp3) is 0.100. The minimum Gasteiger partial charge on any atom is -0.289 e. The van der Waals surface area contributed by atoms with Crippen LogP contribution in [0.15, 0.2) is 63.4 Å². The molecule has 0 aliphatic rings. The van der Waals surface area contributed by atoms with E-state index in [0.29, 0.717) is 10.2 Å². The SMILES string of the molecule is Cc1ccc(-c2csc3ncn(CC(=O)N/N=C/c4cccs4)c(=O)c23)cc1. The van der Waals surface area contributed by atoms with E-state index in [9.17, 15) is 9.59 Å². The molecule has 0 saturated carbocycles. The molecule has 0 radical (unpaired) electrons. The lowest BCUT2D eigenvalue weighted by Crippen LogP contribution is -2.30. The maximum absolute atomic E-state index is 13.0. The zero-order valence-electron chi connectivity index (χ0n) is 15.0. The zero-order chi connectivity index (χ0) is 19.5. The molecule has 0 bridgehead atoms. The molecule has 0 unspecified atom stereocenters. The van der Waals surface area contributed by atoms with Crippen LogP contribution in [0.1, 0.15) is 10.4 Å². The molecular formula is C20H16N4O2S2. The van der Waals surface area contributed by atoms with Crippen LogP contribution in [0.4, 0.5) is 0 Å². The molecule has 1 aromatic carbocycles. The number of fused-ring (bicyclic) bond motifs is 1. The summed E-state index contributed by atoms with van der Waals surface area (Å²) in [6.45, 7) is 1.87. The predicted molar refractivity (Wildman–Crippen MR) is 114 cm³/mol. The lowest BCUT2D eigenvalue weighted by molar-refractivity contribution is -0.121. The summed E-state index contributed by atoms with van der Waals surface area (Å²) < 4.78 is 1.31. The standard InChI is InChI=1S/C20H16N4O2S2/c1-13-4-6-14(7-5-13)16-11-28-19-18(16)20(26)24(12-21-19)10-17(25)23-22-9-15-3-2-8-27-15/h2-9,11-12H,10H2,1H3,(H,23,25)/b22-9+. The number of aryl methyl sites for hydroxylation is 1. The topological polar surface area (TPSA) is 76.3 Å². The zero-order valence-corrected chi connectivity index (χ0v) is 16.6. The molecule has 3 heterocycles. The van der Waals surface area contributed by atoms with Crippen molar-refractivity contribution in [2.75, 3.05) is 0 Å². The summed E-state index contributed by atoms with van der Waals surface area (Å²) in [5.41, 5.74) is 5.15. The van der Waals surface area contributed by atoms with E-state index in [0.717, 1.165) is 21.6 Å². The van der Waals surface area contributed by atoms with Gasteiger partial charge in [0, 0.05) is 15.8 Å². The van der Waals surface area contributed by atoms with Crippen molar-refractivity contribution in [3.8, 4) is 11.1 Å². The molecular weight excluding hydrogens is 392 g/mol. The predicted octanol–water partition coefficient (Wildman–Crippen LogP) is 3.65. The number of rotatable bonds is 5. The third kappa shape index (κ3) is 3.78. The van der Waals surface area contributed by atoms with Crippen molar-refractivity contribution in [2.45, 2.75) is 13.5 Å². The van der Waals surface area contributed by atoms with Crippen LogP contribution in [0.2, 0.25) is 0 Å². The number of thiophene rings is 2. The normalized spacial score (nSPS) is 11.3. The second kappa shape index (κ2) is 7.87. The van der Waals surface area contributed by atoms with Gasteiger partial charge in [-0.15, -0.1) is 22.7 Å². The first-order valence-electron chi connectivity index (χ1n) is 8.51. The van der Waals surface area contributed by atoms with E-state index in [1.54, 1.807) is 6.21 Å². The Kier molecular flexibility index (Phi) is 5.14. The van der Waals surface area contributed by atoms with Crippen molar-refractivity contribution in [3.63, 3.8) is 0 Å². The summed E-state index contributed by atoms with van der Waals surface area (Å²) >= 11 is 2.94. The first kappa shape index (κ1) is 18.3. The molecule has 0 fully saturated rings. The number of carbonyl (C=O) groups is 1. The van der Waals surface area contributed by atoms with Gasteiger partial charge >= 0.3 is 0 Å². The number of benzene rings is 1. The highest BCUT2D eigenvalue weighted by atomic mass is 32.1. The number of hydrazone groups is 1. The lowest BCUT2D eigenvalue weighted by Gasteiger charge is -2.05. The van der Waals surface area contributed by atoms with Gasteiger partial charge in [0.05, 0.1) is 17.9 Å². The van der Waals surface area contributed by atoms with Crippen LogP contribution < -0.4 is 11.0 Å². The van der Waals surface area contributed by atoms with Gasteiger partial charge in [0.25, 0.3) is 11.5 Å². The van der Waals surface area contributed by atoms with E-state index >= 15 is 0 Å². The van der Waals surface area contributed by atoms with Crippen molar-refractivity contribution in [2.24, 2.45) is 5.10 Å². The average Bonchev–Trinajstić information content (AvgIpc) is 3.35. The van der Waals surface area contributed by atoms with Gasteiger partial charge in [-0.2, -0.15) is 5.10 Å². The third-order valence-electron chi connectivity index (χ3n) is 4.16. The van der Waals surface area contributed by atoms with Crippen molar-refractivity contribution >= 4 is 45.0 Å². The van der Waals surface area contributed by atoms with Crippen molar-refractivity contribution < 1.29 is 4.79 Å². The molecule has 6 nitrogen and oxygen atoms in total. The Morgan fingerprint density at radius 2 is 2.07 bits per heavy atom. The Bertz CT molecular complexity index is 1210. The Balaban J connectivity index is 1.59. The summed E-state index contributed by atoms with van der Waals surface area (Å²) in [5.74, 6) is -0.386. The molecule has 0 atom stereocenters. The van der Waals surface area contributed by atoms with Crippen molar-refractivity contribution in [1.29, 1.82) is 0 Å². The average molecular weight is 409 g/mol. The fourth-order valence-electron chi connectivity index (χ4n) is 2.75. The minimum atomic E-state index is -0.386. The van der Waals surface area contributed by atoms with E-state index < -0.39 is 0 Å². The number of hydrogen-bond acceptors (Lipinski definition) is 6. The van der Waals surface area contributed by atoms with Crippen molar-refractivity contribution in [3.05, 3.63) is 74.3 Å². The molecule has 28 heavy (non-hydrogen) atoms. The van der Waals surface area contributed by atoms with Crippen LogP contribution in [0, 0.1) is 6.92 Å². The number of nitrogens with one attached hydrogen (secondary N) is 1. The van der Waals surface area contributed by atoms with Crippen LogP contribution in [-0.2, 0) is 11.3 Å². The van der Waals surface area contributed by atoms with Gasteiger partial charge < -0.3 is 0 Å². The molecule has 8 heteroatoms. The molecule has 0 aliphatic heterocycles. The number of hydrogen-bond donors (Lipinski definition) is 1. The molecule has 140 valence electrons. The maximum atomic E-state index is 13.0. The minimum absolute atomic E-state index is 0.146. The van der Waals surface area contributed by atoms with E-state index in [2.05, 4.69) is 15.5 Å². The number of aromatic nitrogens is 2. The Labute approximate surface area is 168 Å². The highest BCUT2D eigenvalue weighted by Crippen LogP contribution is 2.30. The lowest BCUT2D eigenvalue weighted by atomic mass is 10.1. The molecule has 3 aromatic heterocycles. The fourth-order valence-corrected chi connectivity index (χ4v) is 4.24. The highest BCUT2D eigenvalue weighted by Gasteiger charge is 2.14. The summed E-state index contributed by atoms with van der Waals surface area (Å²) in [6.07, 6.45) is 2.98. The Hall–Kier alpha value is -3.10. The summed E-state index contributed by atoms with van der Waals surface area (Å²) in [7, 11) is 0. The molecule has 0 saturated heterocycles. The van der Waals surface area contributed by atoms with Gasteiger partial charge in [0.2, 0.25) is 0 Å². The Morgan fingerprint density at radius 1 is 1.25 bits per heavy atom. The van der Waals surface area contributed by atoms with Gasteiger partial charge in [-0.25, -0.2) is 10.4 Å². The first-order chi connectivity index (χ1) is 13.6. The molecule has 0 spiro atoms. The van der Waals surface area contributed by atoms with Crippen LogP contribution in [0.3, 0.4) is 0 Å². The molecule has 1 N–H and O–H groups in total. The van der Waals surface area contributed by atoms with Crippen LogP contribution in [0.25, 0.3) is 21.3 Å². The van der Waals surface area contributed by atoms with Crippen LogP contribution in [-0.4, -0.2) is 21.7 Å². The summed E-state index contributed by atoms with van der Waals surface area (Å²) in [4.78, 5) is 31.0. The van der Waals surface area contributed by atoms with E-state index in [4.69, 9.17) is 0 Å². The van der Waals surface area contributed by atoms with Gasteiger partial charge in [0.1, 0.15) is 11.4 Å². The second-order valence-corrected chi connectivity index (χ2v) is 8.02. The van der Waals surface area contributed by atoms with E-state index in [1.165, 1.54) is 33.6 Å². The van der Waals surface area contributed by atoms with Crippen LogP contribution in [0.5, 0.6) is 0 Å². The maximum Gasteiger partial charge on any atom is 0.263 e. The molecule has 1 amide bonds. The first-order valence-corrected chi connectivity index (χ1v) is 10.3. The molecule has 4 rings (SSSR count). The van der Waals surface area contributed by atoms with Gasteiger partial charge in [-0.3, -0.25) is 14.2 Å². The smallest absolute Gasteiger partial charge is 0.263 e. The van der Waals surface area contributed by atoms with E-state index in [-0.39, 0.29) is 18.0 Å². The van der Waals surface area contributed by atoms with E-state index in [1.807, 2.05) is 54.1 Å². The number of carbonyl (C=O) groups excluding carboxylic acids is 1. The largest absolute Gasteiger partial charge is 0.289 e. The number of amides is 1. The molecule has 4 aromatic rings.